The van der Waals surface area contributed by atoms with E-state index in [-0.39, 0.29) is 19.7 Å². The third-order valence-electron chi connectivity index (χ3n) is 3.34. The molecule has 0 fully saturated rings. The Balaban J connectivity index is 2.01. The van der Waals surface area contributed by atoms with Crippen LogP contribution in [0, 0.1) is 0 Å². The Labute approximate surface area is 145 Å². The van der Waals surface area contributed by atoms with Gasteiger partial charge in [0.05, 0.1) is 21.9 Å². The molecule has 23 heavy (non-hydrogen) atoms. The molecule has 2 rings (SSSR count). The lowest BCUT2D eigenvalue weighted by molar-refractivity contribution is -0.188. The molecule has 0 saturated carbocycles. The molecule has 5 nitrogen and oxygen atoms in total. The van der Waals surface area contributed by atoms with Gasteiger partial charge in [0.2, 0.25) is 0 Å². The van der Waals surface area contributed by atoms with Crippen LogP contribution in [0.3, 0.4) is 0 Å². The van der Waals surface area contributed by atoms with Crippen molar-refractivity contribution in [1.82, 2.24) is 4.98 Å². The Hall–Kier alpha value is -0.700. The highest BCUT2D eigenvalue weighted by atomic mass is 32.2. The summed E-state index contributed by atoms with van der Waals surface area (Å²) in [5.74, 6) is 0.722. The molecule has 1 heterocycles. The van der Waals surface area contributed by atoms with Gasteiger partial charge >= 0.3 is 0 Å². The zero-order chi connectivity index (χ0) is 16.7. The van der Waals surface area contributed by atoms with Crippen LogP contribution in [-0.4, -0.2) is 50.2 Å². The van der Waals surface area contributed by atoms with Gasteiger partial charge in [-0.3, -0.25) is 0 Å². The van der Waals surface area contributed by atoms with E-state index < -0.39 is 5.60 Å². The number of thiazole rings is 1. The first-order valence-electron chi connectivity index (χ1n) is 7.28. The van der Waals surface area contributed by atoms with Gasteiger partial charge in [0, 0.05) is 20.0 Å². The minimum Gasteiger partial charge on any atom is -0.359 e. The molecule has 1 aromatic carbocycles. The van der Waals surface area contributed by atoms with Crippen molar-refractivity contribution < 1.29 is 18.9 Å². The summed E-state index contributed by atoms with van der Waals surface area (Å²) in [6.45, 7) is 4.44. The molecule has 0 amide bonds. The molecule has 128 valence electrons. The van der Waals surface area contributed by atoms with Crippen LogP contribution in [0.4, 0.5) is 0 Å². The molecule has 1 atom stereocenters. The molecule has 0 N–H and O–H groups in total. The number of hydrogen-bond acceptors (Lipinski definition) is 7. The van der Waals surface area contributed by atoms with E-state index in [0.29, 0.717) is 0 Å². The maximum absolute atomic E-state index is 5.80. The number of methoxy groups -OCH3 is 2. The van der Waals surface area contributed by atoms with Crippen LogP contribution in [-0.2, 0) is 18.9 Å². The molecule has 0 bridgehead atoms. The molecule has 0 aliphatic rings. The molecule has 0 aliphatic heterocycles. The molecule has 2 aromatic rings. The minimum atomic E-state index is -0.488. The smallest absolute Gasteiger partial charge is 0.151 e. The van der Waals surface area contributed by atoms with Crippen LogP contribution < -0.4 is 0 Å². The first-order valence-corrected chi connectivity index (χ1v) is 9.09. The quantitative estimate of drug-likeness (QED) is 0.476. The van der Waals surface area contributed by atoms with Crippen LogP contribution in [0.1, 0.15) is 13.8 Å². The lowest BCUT2D eigenvalue weighted by Gasteiger charge is -2.33. The second-order valence-electron chi connectivity index (χ2n) is 5.47. The molecule has 0 saturated heterocycles. The predicted octanol–water partition coefficient (Wildman–Crippen LogP) is 3.78. The van der Waals surface area contributed by atoms with Crippen LogP contribution in [0.2, 0.25) is 0 Å². The van der Waals surface area contributed by atoms with Crippen molar-refractivity contribution in [1.29, 1.82) is 0 Å². The highest BCUT2D eigenvalue weighted by molar-refractivity contribution is 8.01. The van der Waals surface area contributed by atoms with Gasteiger partial charge in [-0.25, -0.2) is 4.98 Å². The number of nitrogens with zero attached hydrogens (tertiary/aromatic N) is 1. The number of aromatic nitrogens is 1. The molecular formula is C16H23NO4S2. The Morgan fingerprint density at radius 2 is 1.91 bits per heavy atom. The van der Waals surface area contributed by atoms with Crippen LogP contribution >= 0.6 is 23.1 Å². The van der Waals surface area contributed by atoms with Gasteiger partial charge < -0.3 is 18.9 Å². The number of thioether (sulfide) groups is 1. The fourth-order valence-electron chi connectivity index (χ4n) is 1.96. The van der Waals surface area contributed by atoms with Gasteiger partial charge in [-0.2, -0.15) is 0 Å². The monoisotopic (exact) mass is 357 g/mol. The van der Waals surface area contributed by atoms with Crippen LogP contribution in [0.5, 0.6) is 0 Å². The standard InChI is InChI=1S/C16H23NO4S2/c1-16(2,21-11-19-4)14(20-10-18-3)9-22-15-17-12-7-5-6-8-13(12)23-15/h5-8,14H,9-11H2,1-4H3/t14-/m0/s1. The Morgan fingerprint density at radius 3 is 2.61 bits per heavy atom. The Morgan fingerprint density at radius 1 is 1.17 bits per heavy atom. The molecule has 7 heteroatoms. The second kappa shape index (κ2) is 8.96. The summed E-state index contributed by atoms with van der Waals surface area (Å²) in [7, 11) is 3.22. The first kappa shape index (κ1) is 18.6. The third-order valence-corrected chi connectivity index (χ3v) is 5.59. The van der Waals surface area contributed by atoms with E-state index in [2.05, 4.69) is 11.1 Å². The zero-order valence-corrected chi connectivity index (χ0v) is 15.5. The summed E-state index contributed by atoms with van der Waals surface area (Å²) in [4.78, 5) is 4.64. The summed E-state index contributed by atoms with van der Waals surface area (Å²) >= 11 is 3.36. The summed E-state index contributed by atoms with van der Waals surface area (Å²) in [6.07, 6.45) is -0.144. The van der Waals surface area contributed by atoms with E-state index in [1.54, 1.807) is 37.3 Å². The molecule has 0 aliphatic carbocycles. The van der Waals surface area contributed by atoms with Crippen LogP contribution in [0.25, 0.3) is 10.2 Å². The van der Waals surface area contributed by atoms with Gasteiger partial charge in [-0.05, 0) is 26.0 Å². The second-order valence-corrected chi connectivity index (χ2v) is 7.77. The fraction of sp³-hybridized carbons (Fsp3) is 0.562. The normalized spacial score (nSPS) is 13.6. The van der Waals surface area contributed by atoms with Crippen molar-refractivity contribution in [2.24, 2.45) is 0 Å². The van der Waals surface area contributed by atoms with E-state index in [1.807, 2.05) is 32.0 Å². The van der Waals surface area contributed by atoms with Crippen LogP contribution in [0.15, 0.2) is 28.6 Å². The van der Waals surface area contributed by atoms with Crippen molar-refractivity contribution in [2.45, 2.75) is 29.9 Å². The van der Waals surface area contributed by atoms with Crippen molar-refractivity contribution in [3.05, 3.63) is 24.3 Å². The van der Waals surface area contributed by atoms with E-state index >= 15 is 0 Å². The Bertz CT molecular complexity index is 570. The predicted molar refractivity (Wildman–Crippen MR) is 94.1 cm³/mol. The number of para-hydroxylation sites is 1. The number of hydrogen-bond donors (Lipinski definition) is 0. The van der Waals surface area contributed by atoms with Crippen molar-refractivity contribution in [2.75, 3.05) is 33.6 Å². The van der Waals surface area contributed by atoms with Gasteiger partial charge in [-0.15, -0.1) is 11.3 Å². The van der Waals surface area contributed by atoms with E-state index in [9.17, 15) is 0 Å². The highest BCUT2D eigenvalue weighted by Gasteiger charge is 2.32. The van der Waals surface area contributed by atoms with Gasteiger partial charge in [-0.1, -0.05) is 23.9 Å². The van der Waals surface area contributed by atoms with Gasteiger partial charge in [0.15, 0.2) is 4.34 Å². The summed E-state index contributed by atoms with van der Waals surface area (Å²) in [6, 6.07) is 8.14. The number of benzene rings is 1. The van der Waals surface area contributed by atoms with Crippen molar-refractivity contribution in [3.63, 3.8) is 0 Å². The van der Waals surface area contributed by atoms with Gasteiger partial charge in [0.1, 0.15) is 13.6 Å². The average molecular weight is 357 g/mol. The molecule has 1 aromatic heterocycles. The van der Waals surface area contributed by atoms with E-state index in [1.165, 1.54) is 4.70 Å². The largest absolute Gasteiger partial charge is 0.359 e. The van der Waals surface area contributed by atoms with E-state index in [0.717, 1.165) is 15.6 Å². The number of ether oxygens (including phenoxy) is 4. The zero-order valence-electron chi connectivity index (χ0n) is 13.9. The SMILES string of the molecule is COCO[C@@H](CSc1nc2ccccc2s1)C(C)(C)OCOC. The summed E-state index contributed by atoms with van der Waals surface area (Å²) in [5.41, 5.74) is 0.544. The van der Waals surface area contributed by atoms with Crippen molar-refractivity contribution in [3.8, 4) is 0 Å². The molecule has 0 radical (unpaired) electrons. The minimum absolute atomic E-state index is 0.144. The number of fused-ring (bicyclic) bond motifs is 1. The third kappa shape index (κ3) is 5.41. The maximum atomic E-state index is 5.80. The molecular weight excluding hydrogens is 334 g/mol. The van der Waals surface area contributed by atoms with E-state index in [4.69, 9.17) is 18.9 Å². The molecule has 0 spiro atoms. The van der Waals surface area contributed by atoms with Crippen molar-refractivity contribution >= 4 is 33.3 Å². The number of rotatable bonds is 10. The highest BCUT2D eigenvalue weighted by Crippen LogP contribution is 2.32. The summed E-state index contributed by atoms with van der Waals surface area (Å²) < 4.78 is 23.8. The maximum Gasteiger partial charge on any atom is 0.151 e. The lowest BCUT2D eigenvalue weighted by atomic mass is 10.0. The average Bonchev–Trinajstić information content (AvgIpc) is 2.95. The van der Waals surface area contributed by atoms with Gasteiger partial charge in [0.25, 0.3) is 0 Å². The fourth-order valence-corrected chi connectivity index (χ4v) is 4.32. The Kier molecular flexibility index (Phi) is 7.26. The molecule has 0 unspecified atom stereocenters. The lowest BCUT2D eigenvalue weighted by Crippen LogP contribution is -2.43. The topological polar surface area (TPSA) is 49.8 Å². The summed E-state index contributed by atoms with van der Waals surface area (Å²) in [5, 5.41) is 0. The first-order chi connectivity index (χ1) is 11.1.